The smallest absolute Gasteiger partial charge is 0.330 e. The number of carboxylic acids is 1. The summed E-state index contributed by atoms with van der Waals surface area (Å²) < 4.78 is 55.2. The fourth-order valence-electron chi connectivity index (χ4n) is 7.79. The summed E-state index contributed by atoms with van der Waals surface area (Å²) in [6.45, 7) is 5.25. The van der Waals surface area contributed by atoms with Gasteiger partial charge in [0.15, 0.2) is 17.2 Å². The van der Waals surface area contributed by atoms with E-state index in [-0.39, 0.29) is 42.0 Å². The van der Waals surface area contributed by atoms with Crippen LogP contribution in [-0.2, 0) is 43.5 Å². The second-order valence-electron chi connectivity index (χ2n) is 17.2. The van der Waals surface area contributed by atoms with E-state index in [4.69, 9.17) is 46.3 Å². The molecule has 2 aromatic rings. The minimum absolute atomic E-state index is 0.0270. The molecular weight excluding hydrogens is 930 g/mol. The van der Waals surface area contributed by atoms with Gasteiger partial charge in [-0.15, -0.1) is 0 Å². The molecule has 8 N–H and O–H groups in total. The van der Waals surface area contributed by atoms with Gasteiger partial charge < -0.3 is 60.1 Å². The maximum Gasteiger partial charge on any atom is 0.330 e. The van der Waals surface area contributed by atoms with Crippen LogP contribution in [0.25, 0.3) is 11.3 Å². The number of hydrogen-bond acceptors (Lipinski definition) is 17. The number of aryl methyl sites for hydroxylation is 1. The number of cyclic esters (lactones) is 1. The molecule has 0 aliphatic carbocycles. The molecular formula is C46H60ClN5O15S. The number of aliphatic carboxylic acids is 1. The molecule has 3 fully saturated rings. The number of ether oxygens (including phenoxy) is 5. The van der Waals surface area contributed by atoms with Crippen molar-refractivity contribution in [2.45, 2.75) is 132 Å². The minimum atomic E-state index is -3.91. The van der Waals surface area contributed by atoms with E-state index in [0.717, 1.165) is 13.8 Å². The maximum atomic E-state index is 12.4. The average Bonchev–Trinajstić information content (AvgIpc) is 3.90. The second kappa shape index (κ2) is 23.8. The van der Waals surface area contributed by atoms with Crippen molar-refractivity contribution in [3.8, 4) is 17.3 Å². The Hall–Kier alpha value is -4.64. The number of halogens is 1. The molecule has 1 aromatic heterocycles. The average molecular weight is 991 g/mol. The number of allylic oxidation sites excluding steroid dienone is 6. The molecule has 0 radical (unpaired) electrons. The standard InChI is InChI=1S/C33H47NO13.C13H13ClN4O2S/c1-18-10-8-6-4-3-5-7-9-11-21(45-32-30(39)28(34)29(38)19(2)44-32)15-25-27(31(40)41)22(36)17-33(42,47-25)16-20(35)14-24-23(46-24)12-13-26(37)43-18;1-9-4-6-10(7-5-9)12-13(14)16-11(8-15)18(12)21(19,20)17(2)3/h3-9,11-13,18-25,27-30,32,35-36,38-39,42H,10,14-17,34H2,1-2H3,(H,40,41);4-7H,1-3H3/b4-3+,7-5+,8-6+,11-9+,13-12+;/t18-,19-,20+,21+,22+,23-,24-,25+,27-,28+,29-,30+,32+,33-;/m1./s1. The fraction of sp³-hybridized carbons (Fsp3) is 0.522. The van der Waals surface area contributed by atoms with E-state index in [2.05, 4.69) is 4.98 Å². The first-order valence-corrected chi connectivity index (χ1v) is 23.6. The summed E-state index contributed by atoms with van der Waals surface area (Å²) >= 11 is 6.05. The third kappa shape index (κ3) is 14.2. The van der Waals surface area contributed by atoms with Crippen molar-refractivity contribution in [2.75, 3.05) is 14.1 Å². The number of benzene rings is 1. The molecule has 372 valence electrons. The Bertz CT molecular complexity index is 2370. The van der Waals surface area contributed by atoms with Gasteiger partial charge in [0.2, 0.25) is 5.82 Å². The van der Waals surface area contributed by atoms with Crippen LogP contribution in [0.1, 0.15) is 57.3 Å². The number of rotatable bonds is 6. The summed E-state index contributed by atoms with van der Waals surface area (Å²) in [5.41, 5.74) is 7.76. The van der Waals surface area contributed by atoms with Crippen LogP contribution in [0.5, 0.6) is 0 Å². The van der Waals surface area contributed by atoms with Crippen LogP contribution in [0.3, 0.4) is 0 Å². The van der Waals surface area contributed by atoms with E-state index >= 15 is 0 Å². The molecule has 6 rings (SSSR count). The molecule has 0 unspecified atom stereocenters. The van der Waals surface area contributed by atoms with Gasteiger partial charge in [-0.05, 0) is 26.8 Å². The number of aliphatic hydroxyl groups is 5. The van der Waals surface area contributed by atoms with Crippen LogP contribution in [0.15, 0.2) is 85.0 Å². The number of hydrogen-bond donors (Lipinski definition) is 7. The predicted octanol–water partition coefficient (Wildman–Crippen LogP) is 2.16. The Labute approximate surface area is 400 Å². The number of epoxide rings is 1. The largest absolute Gasteiger partial charge is 0.481 e. The highest BCUT2D eigenvalue weighted by atomic mass is 35.5. The Balaban J connectivity index is 0.000000342. The van der Waals surface area contributed by atoms with Gasteiger partial charge in [0.25, 0.3) is 0 Å². The van der Waals surface area contributed by atoms with E-state index in [0.29, 0.717) is 12.0 Å². The second-order valence-corrected chi connectivity index (χ2v) is 19.5. The number of imidazole rings is 1. The Morgan fingerprint density at radius 3 is 2.29 bits per heavy atom. The summed E-state index contributed by atoms with van der Waals surface area (Å²) in [6, 6.07) is 7.82. The summed E-state index contributed by atoms with van der Waals surface area (Å²) in [5.74, 6) is -5.72. The van der Waals surface area contributed by atoms with Gasteiger partial charge in [-0.1, -0.05) is 90.0 Å². The van der Waals surface area contributed by atoms with Crippen LogP contribution in [-0.4, -0.2) is 158 Å². The summed E-state index contributed by atoms with van der Waals surface area (Å²) in [6.07, 6.45) is 5.25. The highest BCUT2D eigenvalue weighted by Gasteiger charge is 2.51. The zero-order valence-electron chi connectivity index (χ0n) is 38.1. The minimum Gasteiger partial charge on any atom is -0.481 e. The van der Waals surface area contributed by atoms with Gasteiger partial charge in [-0.25, -0.2) is 9.78 Å². The number of nitrogens with zero attached hydrogens (tertiary/aromatic N) is 4. The highest BCUT2D eigenvalue weighted by Crippen LogP contribution is 2.39. The first-order valence-electron chi connectivity index (χ1n) is 21.9. The quantitative estimate of drug-likeness (QED) is 0.161. The normalized spacial score (nSPS) is 36.2. The first-order chi connectivity index (χ1) is 32.0. The molecule has 68 heavy (non-hydrogen) atoms. The van der Waals surface area contributed by atoms with Crippen molar-refractivity contribution < 1.29 is 72.3 Å². The number of carboxylic acid groups (broad SMARTS) is 1. The SMILES string of the molecule is C[C@@H]1C/C=C/C=C/C=C/C=C/[C@H](O[C@@H]2O[C@H](C)[C@@H](O)[C@H](N)[C@@H]2O)C[C@@H]2O[C@](O)(C[C@@H](O)C[C@H]3O[C@@H]3/C=C/C(=O)O1)C[C@H](O)[C@H]2C(=O)O.Cc1ccc(-c2c(Cl)nc(C#N)n2S(=O)(=O)N(C)C)cc1. The molecule has 4 aliphatic heterocycles. The third-order valence-electron chi connectivity index (χ3n) is 11.5. The molecule has 0 saturated carbocycles. The molecule has 3 saturated heterocycles. The van der Waals surface area contributed by atoms with Crippen molar-refractivity contribution in [2.24, 2.45) is 11.7 Å². The zero-order chi connectivity index (χ0) is 50.1. The number of carbonyl (C=O) groups is 2. The van der Waals surface area contributed by atoms with Crippen molar-refractivity contribution in [3.05, 3.63) is 102 Å². The molecule has 22 heteroatoms. The van der Waals surface area contributed by atoms with E-state index in [1.54, 1.807) is 74.6 Å². The van der Waals surface area contributed by atoms with Crippen molar-refractivity contribution >= 4 is 33.7 Å². The molecule has 0 amide bonds. The van der Waals surface area contributed by atoms with E-state index in [1.165, 1.54) is 26.2 Å². The Kier molecular flexibility index (Phi) is 19.0. The molecule has 5 heterocycles. The molecule has 2 bridgehead atoms. The van der Waals surface area contributed by atoms with Gasteiger partial charge in [-0.3, -0.25) is 4.79 Å². The monoisotopic (exact) mass is 989 g/mol. The number of aromatic nitrogens is 2. The van der Waals surface area contributed by atoms with E-state index < -0.39 is 108 Å². The summed E-state index contributed by atoms with van der Waals surface area (Å²) in [4.78, 5) is 28.3. The van der Waals surface area contributed by atoms with Gasteiger partial charge >= 0.3 is 22.1 Å². The van der Waals surface area contributed by atoms with Crippen LogP contribution in [0, 0.1) is 24.2 Å². The van der Waals surface area contributed by atoms with Crippen LogP contribution in [0.4, 0.5) is 0 Å². The van der Waals surface area contributed by atoms with E-state index in [9.17, 15) is 48.6 Å². The maximum absolute atomic E-state index is 12.4. The lowest BCUT2D eigenvalue weighted by molar-refractivity contribution is -0.308. The number of esters is 1. The zero-order valence-corrected chi connectivity index (χ0v) is 39.7. The number of nitrogens with two attached hydrogens (primary N) is 1. The van der Waals surface area contributed by atoms with Crippen LogP contribution < -0.4 is 5.73 Å². The summed E-state index contributed by atoms with van der Waals surface area (Å²) in [7, 11) is -1.15. The molecule has 4 aliphatic rings. The van der Waals surface area contributed by atoms with Crippen molar-refractivity contribution in [1.82, 2.24) is 13.3 Å². The van der Waals surface area contributed by atoms with E-state index in [1.807, 2.05) is 25.1 Å². The number of carbonyl (C=O) groups excluding carboxylic acids is 1. The molecule has 0 spiro atoms. The van der Waals surface area contributed by atoms with Crippen LogP contribution >= 0.6 is 11.6 Å². The third-order valence-corrected chi connectivity index (χ3v) is 13.5. The van der Waals surface area contributed by atoms with Gasteiger partial charge in [0, 0.05) is 57.8 Å². The summed E-state index contributed by atoms with van der Waals surface area (Å²) in [5, 5.41) is 73.0. The van der Waals surface area contributed by atoms with Gasteiger partial charge in [-0.2, -0.15) is 22.0 Å². The molecule has 1 aromatic carbocycles. The van der Waals surface area contributed by atoms with Gasteiger partial charge in [0.05, 0.1) is 48.8 Å². The Morgan fingerprint density at radius 1 is 0.985 bits per heavy atom. The lowest BCUT2D eigenvalue weighted by atomic mass is 9.83. The number of aliphatic hydroxyl groups excluding tert-OH is 4. The van der Waals surface area contributed by atoms with Crippen molar-refractivity contribution in [3.63, 3.8) is 0 Å². The van der Waals surface area contributed by atoms with Crippen LogP contribution in [0.2, 0.25) is 5.15 Å². The number of fused-ring (bicyclic) bond motifs is 3. The molecule has 14 atom stereocenters. The van der Waals surface area contributed by atoms with Crippen molar-refractivity contribution in [1.29, 1.82) is 5.26 Å². The molecule has 20 nitrogen and oxygen atoms in total. The van der Waals surface area contributed by atoms with Gasteiger partial charge in [0.1, 0.15) is 36.0 Å². The highest BCUT2D eigenvalue weighted by molar-refractivity contribution is 7.87. The Morgan fingerprint density at radius 2 is 1.65 bits per heavy atom. The predicted molar refractivity (Wildman–Crippen MR) is 245 cm³/mol. The topological polar surface area (TPSA) is 310 Å². The number of nitriles is 1. The lowest BCUT2D eigenvalue weighted by Crippen LogP contribution is -2.61. The first kappa shape index (κ1) is 54.3. The lowest BCUT2D eigenvalue weighted by Gasteiger charge is -2.45. The fourth-order valence-corrected chi connectivity index (χ4v) is 9.16.